The number of nitrogens with one attached hydrogen (secondary N) is 1. The molecule has 148 valence electrons. The second kappa shape index (κ2) is 9.50. The Labute approximate surface area is 168 Å². The normalized spacial score (nSPS) is 10.3. The SMILES string of the molecule is CC(=O)N(CCC(=O)Nc1cccc(F)c1)c1ccc(Oc2ccccc2)cc1. The highest BCUT2D eigenvalue weighted by Crippen LogP contribution is 2.24. The molecule has 0 unspecified atom stereocenters. The monoisotopic (exact) mass is 392 g/mol. The van der Waals surface area contributed by atoms with Crippen molar-refractivity contribution >= 4 is 23.2 Å². The third kappa shape index (κ3) is 5.90. The molecule has 0 aliphatic heterocycles. The van der Waals surface area contributed by atoms with E-state index in [9.17, 15) is 14.0 Å². The lowest BCUT2D eigenvalue weighted by atomic mass is 10.2. The Morgan fingerprint density at radius 2 is 1.62 bits per heavy atom. The van der Waals surface area contributed by atoms with Crippen molar-refractivity contribution in [2.24, 2.45) is 0 Å². The third-order valence-electron chi connectivity index (χ3n) is 4.18. The second-order valence-electron chi connectivity index (χ2n) is 6.39. The van der Waals surface area contributed by atoms with Crippen molar-refractivity contribution in [2.75, 3.05) is 16.8 Å². The van der Waals surface area contributed by atoms with E-state index < -0.39 is 5.82 Å². The zero-order valence-electron chi connectivity index (χ0n) is 16.0. The molecular weight excluding hydrogens is 371 g/mol. The zero-order valence-corrected chi connectivity index (χ0v) is 16.0. The van der Waals surface area contributed by atoms with Crippen LogP contribution in [0, 0.1) is 5.82 Å². The minimum absolute atomic E-state index is 0.0817. The maximum absolute atomic E-state index is 13.2. The number of para-hydroxylation sites is 1. The van der Waals surface area contributed by atoms with E-state index in [1.165, 1.54) is 30.0 Å². The van der Waals surface area contributed by atoms with Gasteiger partial charge in [0.25, 0.3) is 0 Å². The van der Waals surface area contributed by atoms with Crippen molar-refractivity contribution in [3.8, 4) is 11.5 Å². The molecule has 5 nitrogen and oxygen atoms in total. The Balaban J connectivity index is 1.60. The summed E-state index contributed by atoms with van der Waals surface area (Å²) in [5.41, 5.74) is 1.04. The molecule has 0 aromatic heterocycles. The van der Waals surface area contributed by atoms with Gasteiger partial charge in [0.05, 0.1) is 0 Å². The van der Waals surface area contributed by atoms with Gasteiger partial charge in [0.2, 0.25) is 11.8 Å². The maximum Gasteiger partial charge on any atom is 0.226 e. The lowest BCUT2D eigenvalue weighted by molar-refractivity contribution is -0.117. The molecular formula is C23H21FN2O3. The second-order valence-corrected chi connectivity index (χ2v) is 6.39. The highest BCUT2D eigenvalue weighted by Gasteiger charge is 2.14. The molecule has 0 spiro atoms. The fourth-order valence-corrected chi connectivity index (χ4v) is 2.79. The number of anilines is 2. The number of benzene rings is 3. The molecule has 0 aliphatic carbocycles. The summed E-state index contributed by atoms with van der Waals surface area (Å²) in [6, 6.07) is 22.1. The molecule has 6 heteroatoms. The Morgan fingerprint density at radius 1 is 0.931 bits per heavy atom. The van der Waals surface area contributed by atoms with Gasteiger partial charge in [0.15, 0.2) is 0 Å². The Morgan fingerprint density at radius 3 is 2.28 bits per heavy atom. The van der Waals surface area contributed by atoms with E-state index in [0.717, 1.165) is 5.75 Å². The van der Waals surface area contributed by atoms with Gasteiger partial charge < -0.3 is 15.0 Å². The summed E-state index contributed by atoms with van der Waals surface area (Å²) in [4.78, 5) is 25.7. The van der Waals surface area contributed by atoms with Gasteiger partial charge in [0.1, 0.15) is 17.3 Å². The van der Waals surface area contributed by atoms with Crippen molar-refractivity contribution < 1.29 is 18.7 Å². The Kier molecular flexibility index (Phi) is 6.58. The molecule has 29 heavy (non-hydrogen) atoms. The number of rotatable bonds is 7. The van der Waals surface area contributed by atoms with Crippen molar-refractivity contribution in [2.45, 2.75) is 13.3 Å². The van der Waals surface area contributed by atoms with Crippen LogP contribution in [-0.2, 0) is 9.59 Å². The quantitative estimate of drug-likeness (QED) is 0.616. The van der Waals surface area contributed by atoms with Crippen LogP contribution in [0.15, 0.2) is 78.9 Å². The van der Waals surface area contributed by atoms with Crippen LogP contribution in [0.5, 0.6) is 11.5 Å². The van der Waals surface area contributed by atoms with E-state index in [2.05, 4.69) is 5.32 Å². The standard InChI is InChI=1S/C23H21FN2O3/c1-17(27)26(15-14-23(28)25-19-7-5-6-18(24)16-19)20-10-12-22(13-11-20)29-21-8-3-2-4-9-21/h2-13,16H,14-15H2,1H3,(H,25,28). The van der Waals surface area contributed by atoms with Gasteiger partial charge in [0, 0.05) is 31.3 Å². The summed E-state index contributed by atoms with van der Waals surface area (Å²) in [5.74, 6) is 0.460. The van der Waals surface area contributed by atoms with Crippen LogP contribution in [-0.4, -0.2) is 18.4 Å². The number of carbonyl (C=O) groups is 2. The number of hydrogen-bond acceptors (Lipinski definition) is 3. The maximum atomic E-state index is 13.2. The highest BCUT2D eigenvalue weighted by molar-refractivity contribution is 5.94. The van der Waals surface area contributed by atoms with Crippen LogP contribution in [0.2, 0.25) is 0 Å². The van der Waals surface area contributed by atoms with Crippen molar-refractivity contribution in [1.82, 2.24) is 0 Å². The predicted molar refractivity (Wildman–Crippen MR) is 111 cm³/mol. The molecule has 0 bridgehead atoms. The van der Waals surface area contributed by atoms with Gasteiger partial charge in [-0.25, -0.2) is 4.39 Å². The molecule has 0 saturated heterocycles. The lowest BCUT2D eigenvalue weighted by Gasteiger charge is -2.21. The molecule has 3 aromatic carbocycles. The molecule has 3 aromatic rings. The summed E-state index contributed by atoms with van der Waals surface area (Å²) in [6.07, 6.45) is 0.0817. The van der Waals surface area contributed by atoms with Crippen molar-refractivity contribution in [3.63, 3.8) is 0 Å². The number of amides is 2. The predicted octanol–water partition coefficient (Wildman–Crippen LogP) is 5.00. The van der Waals surface area contributed by atoms with Crippen LogP contribution < -0.4 is 15.0 Å². The summed E-state index contributed by atoms with van der Waals surface area (Å²) in [7, 11) is 0. The summed E-state index contributed by atoms with van der Waals surface area (Å²) < 4.78 is 19.0. The first kappa shape index (κ1) is 20.1. The molecule has 0 radical (unpaired) electrons. The third-order valence-corrected chi connectivity index (χ3v) is 4.18. The average Bonchev–Trinajstić information content (AvgIpc) is 2.70. The number of nitrogens with zero attached hydrogens (tertiary/aromatic N) is 1. The van der Waals surface area contributed by atoms with Gasteiger partial charge in [-0.15, -0.1) is 0 Å². The van der Waals surface area contributed by atoms with Gasteiger partial charge in [-0.3, -0.25) is 9.59 Å². The molecule has 0 aliphatic rings. The topological polar surface area (TPSA) is 58.6 Å². The van der Waals surface area contributed by atoms with Crippen LogP contribution in [0.4, 0.5) is 15.8 Å². The first-order valence-corrected chi connectivity index (χ1v) is 9.18. The minimum Gasteiger partial charge on any atom is -0.457 e. The van der Waals surface area contributed by atoms with Crippen molar-refractivity contribution in [1.29, 1.82) is 0 Å². The van der Waals surface area contributed by atoms with E-state index in [1.54, 1.807) is 30.3 Å². The van der Waals surface area contributed by atoms with E-state index in [1.807, 2.05) is 30.3 Å². The van der Waals surface area contributed by atoms with Gasteiger partial charge >= 0.3 is 0 Å². The van der Waals surface area contributed by atoms with Crippen LogP contribution in [0.3, 0.4) is 0 Å². The smallest absolute Gasteiger partial charge is 0.226 e. The number of halogens is 1. The molecule has 0 atom stereocenters. The highest BCUT2D eigenvalue weighted by atomic mass is 19.1. The average molecular weight is 392 g/mol. The van der Waals surface area contributed by atoms with Crippen LogP contribution in [0.25, 0.3) is 0 Å². The first-order valence-electron chi connectivity index (χ1n) is 9.18. The minimum atomic E-state index is -0.425. The van der Waals surface area contributed by atoms with E-state index >= 15 is 0 Å². The van der Waals surface area contributed by atoms with E-state index in [-0.39, 0.29) is 24.8 Å². The fourth-order valence-electron chi connectivity index (χ4n) is 2.79. The molecule has 0 heterocycles. The molecule has 0 fully saturated rings. The largest absolute Gasteiger partial charge is 0.457 e. The van der Waals surface area contributed by atoms with Crippen molar-refractivity contribution in [3.05, 3.63) is 84.7 Å². The fraction of sp³-hybridized carbons (Fsp3) is 0.130. The van der Waals surface area contributed by atoms with E-state index in [0.29, 0.717) is 17.1 Å². The molecule has 2 amide bonds. The van der Waals surface area contributed by atoms with E-state index in [4.69, 9.17) is 4.74 Å². The van der Waals surface area contributed by atoms with Gasteiger partial charge in [-0.1, -0.05) is 24.3 Å². The Hall–Kier alpha value is -3.67. The molecule has 3 rings (SSSR count). The Bertz CT molecular complexity index is 975. The number of carbonyl (C=O) groups excluding carboxylic acids is 2. The summed E-state index contributed by atoms with van der Waals surface area (Å²) >= 11 is 0. The lowest BCUT2D eigenvalue weighted by Crippen LogP contribution is -2.31. The van der Waals surface area contributed by atoms with Gasteiger partial charge in [-0.2, -0.15) is 0 Å². The van der Waals surface area contributed by atoms with Crippen LogP contribution in [0.1, 0.15) is 13.3 Å². The zero-order chi connectivity index (χ0) is 20.6. The van der Waals surface area contributed by atoms with Gasteiger partial charge in [-0.05, 0) is 54.6 Å². The molecule has 1 N–H and O–H groups in total. The first-order chi connectivity index (χ1) is 14.0. The summed E-state index contributed by atoms with van der Waals surface area (Å²) in [6.45, 7) is 1.65. The number of ether oxygens (including phenoxy) is 1. The summed E-state index contributed by atoms with van der Waals surface area (Å²) in [5, 5.41) is 2.63. The molecule has 0 saturated carbocycles. The van der Waals surface area contributed by atoms with Crippen LogP contribution >= 0.6 is 0 Å². The number of hydrogen-bond donors (Lipinski definition) is 1.